The first-order valence-corrected chi connectivity index (χ1v) is 7.31. The maximum absolute atomic E-state index is 13.0. The van der Waals surface area contributed by atoms with Gasteiger partial charge in [0.15, 0.2) is 0 Å². The number of ether oxygens (including phenoxy) is 1. The Hall–Kier alpha value is -2.33. The average Bonchev–Trinajstić information content (AvgIpc) is 2.97. The van der Waals surface area contributed by atoms with Crippen molar-refractivity contribution < 1.29 is 9.13 Å². The predicted molar refractivity (Wildman–Crippen MR) is 86.8 cm³/mol. The molecule has 0 saturated heterocycles. The molecule has 4 heteroatoms. The van der Waals surface area contributed by atoms with E-state index in [1.807, 2.05) is 36.5 Å². The van der Waals surface area contributed by atoms with Gasteiger partial charge in [-0.1, -0.05) is 12.1 Å². The van der Waals surface area contributed by atoms with Crippen LogP contribution in [0, 0.1) is 5.82 Å². The largest absolute Gasteiger partial charge is 0.497 e. The second kappa shape index (κ2) is 6.20. The lowest BCUT2D eigenvalue weighted by Crippen LogP contribution is -2.14. The first kappa shape index (κ1) is 14.6. The standard InChI is InChI=1S/C18H19FN2O/c1-22-15-6-7-18-16(9-15)17(11-21-18)13(10-20)8-12-2-4-14(19)5-3-12/h2-7,9,11,13,21H,8,10,20H2,1H3. The quantitative estimate of drug-likeness (QED) is 0.756. The Kier molecular flexibility index (Phi) is 4.11. The van der Waals surface area contributed by atoms with E-state index in [0.29, 0.717) is 6.54 Å². The Morgan fingerprint density at radius 1 is 1.18 bits per heavy atom. The van der Waals surface area contributed by atoms with Crippen LogP contribution >= 0.6 is 0 Å². The Balaban J connectivity index is 1.94. The van der Waals surface area contributed by atoms with Crippen LogP contribution in [0.1, 0.15) is 17.0 Å². The fraction of sp³-hybridized carbons (Fsp3) is 0.222. The Morgan fingerprint density at radius 2 is 1.95 bits per heavy atom. The molecule has 1 aromatic heterocycles. The average molecular weight is 298 g/mol. The highest BCUT2D eigenvalue weighted by Crippen LogP contribution is 2.30. The SMILES string of the molecule is COc1ccc2[nH]cc(C(CN)Cc3ccc(F)cc3)c2c1. The van der Waals surface area contributed by atoms with E-state index in [-0.39, 0.29) is 11.7 Å². The van der Waals surface area contributed by atoms with E-state index in [1.54, 1.807) is 7.11 Å². The summed E-state index contributed by atoms with van der Waals surface area (Å²) in [5.74, 6) is 0.780. The Labute approximate surface area is 128 Å². The molecule has 22 heavy (non-hydrogen) atoms. The third-order valence-corrected chi connectivity index (χ3v) is 4.04. The summed E-state index contributed by atoms with van der Waals surface area (Å²) in [5, 5.41) is 1.12. The van der Waals surface area contributed by atoms with Gasteiger partial charge in [0.05, 0.1) is 7.11 Å². The van der Waals surface area contributed by atoms with Crippen LogP contribution < -0.4 is 10.5 Å². The summed E-state index contributed by atoms with van der Waals surface area (Å²) in [5.41, 5.74) is 9.29. The van der Waals surface area contributed by atoms with E-state index < -0.39 is 0 Å². The monoisotopic (exact) mass is 298 g/mol. The van der Waals surface area contributed by atoms with Gasteiger partial charge in [0, 0.05) is 23.0 Å². The van der Waals surface area contributed by atoms with E-state index in [1.165, 1.54) is 17.7 Å². The summed E-state index contributed by atoms with van der Waals surface area (Å²) in [6.07, 6.45) is 2.78. The number of fused-ring (bicyclic) bond motifs is 1. The molecule has 0 saturated carbocycles. The van der Waals surface area contributed by atoms with Gasteiger partial charge in [-0.3, -0.25) is 0 Å². The summed E-state index contributed by atoms with van der Waals surface area (Å²) in [6, 6.07) is 12.6. The van der Waals surface area contributed by atoms with Gasteiger partial charge in [-0.05, 0) is 54.4 Å². The van der Waals surface area contributed by atoms with Crippen LogP contribution in [0.3, 0.4) is 0 Å². The van der Waals surface area contributed by atoms with Gasteiger partial charge < -0.3 is 15.5 Å². The molecule has 0 radical (unpaired) electrons. The predicted octanol–water partition coefficient (Wildman–Crippen LogP) is 3.60. The second-order valence-corrected chi connectivity index (χ2v) is 5.42. The van der Waals surface area contributed by atoms with Gasteiger partial charge in [-0.15, -0.1) is 0 Å². The topological polar surface area (TPSA) is 51.0 Å². The number of nitrogens with one attached hydrogen (secondary N) is 1. The zero-order valence-electron chi connectivity index (χ0n) is 12.5. The van der Waals surface area contributed by atoms with Crippen molar-refractivity contribution >= 4 is 10.9 Å². The van der Waals surface area contributed by atoms with Crippen LogP contribution in [0.4, 0.5) is 4.39 Å². The van der Waals surface area contributed by atoms with E-state index in [4.69, 9.17) is 10.5 Å². The normalized spacial score (nSPS) is 12.5. The van der Waals surface area contributed by atoms with E-state index in [9.17, 15) is 4.39 Å². The van der Waals surface area contributed by atoms with E-state index >= 15 is 0 Å². The van der Waals surface area contributed by atoms with Gasteiger partial charge in [-0.25, -0.2) is 4.39 Å². The van der Waals surface area contributed by atoms with Crippen LogP contribution in [0.5, 0.6) is 5.75 Å². The van der Waals surface area contributed by atoms with Crippen molar-refractivity contribution in [2.24, 2.45) is 5.73 Å². The number of hydrogen-bond donors (Lipinski definition) is 2. The van der Waals surface area contributed by atoms with Gasteiger partial charge >= 0.3 is 0 Å². The number of rotatable bonds is 5. The minimum Gasteiger partial charge on any atom is -0.497 e. The van der Waals surface area contributed by atoms with Crippen LogP contribution in [-0.4, -0.2) is 18.6 Å². The number of aromatic amines is 1. The molecule has 3 N–H and O–H groups in total. The fourth-order valence-corrected chi connectivity index (χ4v) is 2.81. The maximum Gasteiger partial charge on any atom is 0.123 e. The highest BCUT2D eigenvalue weighted by atomic mass is 19.1. The number of H-pyrrole nitrogens is 1. The molecular formula is C18H19FN2O. The summed E-state index contributed by atoms with van der Waals surface area (Å²) >= 11 is 0. The minimum atomic E-state index is -0.218. The van der Waals surface area contributed by atoms with Crippen LogP contribution in [0.15, 0.2) is 48.7 Å². The molecule has 0 bridgehead atoms. The molecule has 2 aromatic carbocycles. The zero-order valence-corrected chi connectivity index (χ0v) is 12.5. The first-order valence-electron chi connectivity index (χ1n) is 7.31. The molecule has 3 rings (SSSR count). The molecular weight excluding hydrogens is 279 g/mol. The van der Waals surface area contributed by atoms with Crippen molar-refractivity contribution in [2.45, 2.75) is 12.3 Å². The fourth-order valence-electron chi connectivity index (χ4n) is 2.81. The number of hydrogen-bond acceptors (Lipinski definition) is 2. The van der Waals surface area contributed by atoms with Gasteiger partial charge in [-0.2, -0.15) is 0 Å². The number of methoxy groups -OCH3 is 1. The Bertz CT molecular complexity index is 764. The molecule has 114 valence electrons. The Morgan fingerprint density at radius 3 is 2.64 bits per heavy atom. The van der Waals surface area contributed by atoms with Crippen LogP contribution in [0.2, 0.25) is 0 Å². The van der Waals surface area contributed by atoms with Crippen molar-refractivity contribution in [3.05, 3.63) is 65.6 Å². The van der Waals surface area contributed by atoms with E-state index in [0.717, 1.165) is 28.6 Å². The van der Waals surface area contributed by atoms with Crippen molar-refractivity contribution in [1.29, 1.82) is 0 Å². The summed E-state index contributed by atoms with van der Waals surface area (Å²) in [6.45, 7) is 0.529. The number of aromatic nitrogens is 1. The maximum atomic E-state index is 13.0. The number of benzene rings is 2. The van der Waals surface area contributed by atoms with Gasteiger partial charge in [0.1, 0.15) is 11.6 Å². The molecule has 0 spiro atoms. The lowest BCUT2D eigenvalue weighted by atomic mass is 9.91. The molecule has 1 unspecified atom stereocenters. The van der Waals surface area contributed by atoms with Crippen molar-refractivity contribution in [2.75, 3.05) is 13.7 Å². The molecule has 0 aliphatic carbocycles. The van der Waals surface area contributed by atoms with Crippen molar-refractivity contribution in [3.63, 3.8) is 0 Å². The number of halogens is 1. The lowest BCUT2D eigenvalue weighted by Gasteiger charge is -2.14. The lowest BCUT2D eigenvalue weighted by molar-refractivity contribution is 0.415. The van der Waals surface area contributed by atoms with Crippen LogP contribution in [-0.2, 0) is 6.42 Å². The highest BCUT2D eigenvalue weighted by Gasteiger charge is 2.16. The molecule has 3 aromatic rings. The first-order chi connectivity index (χ1) is 10.7. The van der Waals surface area contributed by atoms with E-state index in [2.05, 4.69) is 4.98 Å². The highest BCUT2D eigenvalue weighted by molar-refractivity contribution is 5.85. The molecule has 1 heterocycles. The van der Waals surface area contributed by atoms with Gasteiger partial charge in [0.25, 0.3) is 0 Å². The third kappa shape index (κ3) is 2.83. The summed E-state index contributed by atoms with van der Waals surface area (Å²) in [4.78, 5) is 3.28. The zero-order chi connectivity index (χ0) is 15.5. The summed E-state index contributed by atoms with van der Waals surface area (Å²) in [7, 11) is 1.66. The molecule has 0 aliphatic heterocycles. The summed E-state index contributed by atoms with van der Waals surface area (Å²) < 4.78 is 18.3. The second-order valence-electron chi connectivity index (χ2n) is 5.42. The molecule has 3 nitrogen and oxygen atoms in total. The number of nitrogens with two attached hydrogens (primary N) is 1. The molecule has 0 fully saturated rings. The van der Waals surface area contributed by atoms with Crippen molar-refractivity contribution in [1.82, 2.24) is 4.98 Å². The molecule has 0 amide bonds. The van der Waals surface area contributed by atoms with Crippen molar-refractivity contribution in [3.8, 4) is 5.75 Å². The van der Waals surface area contributed by atoms with Gasteiger partial charge in [0.2, 0.25) is 0 Å². The minimum absolute atomic E-state index is 0.173. The molecule has 0 aliphatic rings. The smallest absolute Gasteiger partial charge is 0.123 e. The third-order valence-electron chi connectivity index (χ3n) is 4.04. The molecule has 1 atom stereocenters. The van der Waals surface area contributed by atoms with Crippen LogP contribution in [0.25, 0.3) is 10.9 Å².